The zero-order valence-electron chi connectivity index (χ0n) is 7.28. The van der Waals surface area contributed by atoms with Gasteiger partial charge in [0.15, 0.2) is 0 Å². The number of hydrogen-bond acceptors (Lipinski definition) is 0. The van der Waals surface area contributed by atoms with Gasteiger partial charge in [0.2, 0.25) is 0 Å². The van der Waals surface area contributed by atoms with Crippen LogP contribution in [0, 0.1) is 23.2 Å². The summed E-state index contributed by atoms with van der Waals surface area (Å²) in [5.74, 6) is 0.113. The van der Waals surface area contributed by atoms with Crippen LogP contribution in [0.2, 0.25) is 0 Å². The van der Waals surface area contributed by atoms with Crippen LogP contribution in [0.3, 0.4) is 0 Å². The van der Waals surface area contributed by atoms with E-state index in [1.165, 1.54) is 6.92 Å². The van der Waals surface area contributed by atoms with E-state index in [2.05, 4.69) is 0 Å². The Hall–Kier alpha value is -0.210. The molecule has 3 aliphatic carbocycles. The second-order valence-corrected chi connectivity index (χ2v) is 4.43. The molecule has 3 saturated carbocycles. The van der Waals surface area contributed by atoms with Crippen LogP contribution < -0.4 is 0 Å². The van der Waals surface area contributed by atoms with Crippen LogP contribution in [0.25, 0.3) is 0 Å². The fourth-order valence-corrected chi connectivity index (χ4v) is 3.43. The van der Waals surface area contributed by atoms with Crippen molar-refractivity contribution in [3.05, 3.63) is 0 Å². The normalized spacial score (nSPS) is 52.2. The van der Waals surface area contributed by atoms with Crippen molar-refractivity contribution < 1.29 is 13.2 Å². The molecule has 0 aliphatic heterocycles. The summed E-state index contributed by atoms with van der Waals surface area (Å²) in [6, 6.07) is 0. The average Bonchev–Trinajstić information content (AvgIpc) is 2.44. The zero-order chi connectivity index (χ0) is 9.15. The second-order valence-electron chi connectivity index (χ2n) is 4.43. The van der Waals surface area contributed by atoms with Gasteiger partial charge in [0.05, 0.1) is 5.41 Å². The summed E-state index contributed by atoms with van der Waals surface area (Å²) in [6.45, 7) is 3.35. The quantitative estimate of drug-likeness (QED) is 0.534. The van der Waals surface area contributed by atoms with Crippen LogP contribution in [0.4, 0.5) is 13.2 Å². The van der Waals surface area contributed by atoms with Crippen LogP contribution in [0.15, 0.2) is 0 Å². The van der Waals surface area contributed by atoms with Crippen molar-refractivity contribution in [1.82, 2.24) is 0 Å². The maximum atomic E-state index is 12.6. The minimum atomic E-state index is -3.98. The summed E-state index contributed by atoms with van der Waals surface area (Å²) in [6.07, 6.45) is -2.42. The summed E-state index contributed by atoms with van der Waals surface area (Å²) < 4.78 is 37.8. The first-order chi connectivity index (χ1) is 5.39. The average molecular weight is 178 g/mol. The predicted molar refractivity (Wildman–Crippen MR) is 39.5 cm³/mol. The molecule has 0 heterocycles. The van der Waals surface area contributed by atoms with Gasteiger partial charge >= 0.3 is 6.18 Å². The van der Waals surface area contributed by atoms with E-state index < -0.39 is 11.6 Å². The largest absolute Gasteiger partial charge is 0.394 e. The lowest BCUT2D eigenvalue weighted by molar-refractivity contribution is -0.291. The van der Waals surface area contributed by atoms with Crippen molar-refractivity contribution in [2.45, 2.75) is 32.9 Å². The first-order valence-corrected chi connectivity index (χ1v) is 4.45. The molecule has 0 amide bonds. The van der Waals surface area contributed by atoms with Gasteiger partial charge in [-0.15, -0.1) is 0 Å². The summed E-state index contributed by atoms with van der Waals surface area (Å²) >= 11 is 0. The van der Waals surface area contributed by atoms with Crippen molar-refractivity contribution >= 4 is 0 Å². The SMILES string of the molecule is C[C@H]1[C@H]2CC[C@@H]1C2(C)C(F)(F)F. The Bertz CT molecular complexity index is 194. The van der Waals surface area contributed by atoms with Crippen LogP contribution >= 0.6 is 0 Å². The summed E-state index contributed by atoms with van der Waals surface area (Å²) in [4.78, 5) is 0. The van der Waals surface area contributed by atoms with Gasteiger partial charge in [0.1, 0.15) is 0 Å². The Morgan fingerprint density at radius 3 is 1.75 bits per heavy atom. The number of halogens is 3. The van der Waals surface area contributed by atoms with Gasteiger partial charge in [-0.25, -0.2) is 0 Å². The van der Waals surface area contributed by atoms with Crippen LogP contribution in [0.1, 0.15) is 26.7 Å². The van der Waals surface area contributed by atoms with Gasteiger partial charge in [0, 0.05) is 0 Å². The molecule has 0 aromatic heterocycles. The number of fused-ring (bicyclic) bond motifs is 1. The maximum Gasteiger partial charge on any atom is 0.394 e. The van der Waals surface area contributed by atoms with Crippen LogP contribution in [-0.4, -0.2) is 6.18 Å². The fourth-order valence-electron chi connectivity index (χ4n) is 3.43. The van der Waals surface area contributed by atoms with Gasteiger partial charge < -0.3 is 0 Å². The molecule has 12 heavy (non-hydrogen) atoms. The molecule has 0 aromatic carbocycles. The number of rotatable bonds is 0. The lowest BCUT2D eigenvalue weighted by Crippen LogP contribution is -2.56. The highest BCUT2D eigenvalue weighted by Gasteiger charge is 2.72. The van der Waals surface area contributed by atoms with Crippen molar-refractivity contribution in [1.29, 1.82) is 0 Å². The van der Waals surface area contributed by atoms with E-state index in [4.69, 9.17) is 0 Å². The topological polar surface area (TPSA) is 0 Å². The third-order valence-corrected chi connectivity index (χ3v) is 4.21. The molecular weight excluding hydrogens is 165 g/mol. The second kappa shape index (κ2) is 1.99. The van der Waals surface area contributed by atoms with Gasteiger partial charge in [-0.2, -0.15) is 13.2 Å². The lowest BCUT2D eigenvalue weighted by atomic mass is 9.53. The van der Waals surface area contributed by atoms with E-state index in [1.807, 2.05) is 6.92 Å². The fraction of sp³-hybridized carbons (Fsp3) is 1.00. The Morgan fingerprint density at radius 2 is 1.58 bits per heavy atom. The van der Waals surface area contributed by atoms with E-state index in [1.54, 1.807) is 0 Å². The smallest absolute Gasteiger partial charge is 0.170 e. The third-order valence-electron chi connectivity index (χ3n) is 4.21. The van der Waals surface area contributed by atoms with Crippen LogP contribution in [-0.2, 0) is 0 Å². The standard InChI is InChI=1S/C9H13F3/c1-5-6-3-4-7(5)8(6,2)9(10,11)12/h5-7H,3-4H2,1-2H3/t5-,6+,7-,8?. The summed E-state index contributed by atoms with van der Waals surface area (Å²) in [5.41, 5.74) is -1.34. The van der Waals surface area contributed by atoms with Gasteiger partial charge in [-0.3, -0.25) is 0 Å². The predicted octanol–water partition coefficient (Wildman–Crippen LogP) is 3.23. The monoisotopic (exact) mass is 178 g/mol. The van der Waals surface area contributed by atoms with Crippen molar-refractivity contribution in [3.8, 4) is 0 Å². The molecule has 1 unspecified atom stereocenters. The highest BCUT2D eigenvalue weighted by atomic mass is 19.4. The molecule has 3 rings (SSSR count). The Kier molecular flexibility index (Phi) is 1.39. The van der Waals surface area contributed by atoms with E-state index in [0.717, 1.165) is 12.8 Å². The minimum Gasteiger partial charge on any atom is -0.170 e. The Labute approximate surface area is 70.1 Å². The van der Waals surface area contributed by atoms with Crippen molar-refractivity contribution in [3.63, 3.8) is 0 Å². The molecule has 3 fully saturated rings. The van der Waals surface area contributed by atoms with E-state index >= 15 is 0 Å². The molecule has 70 valence electrons. The van der Waals surface area contributed by atoms with Gasteiger partial charge in [0.25, 0.3) is 0 Å². The maximum absolute atomic E-state index is 12.6. The molecule has 3 heteroatoms. The molecule has 0 radical (unpaired) electrons. The number of hydrogen-bond donors (Lipinski definition) is 0. The van der Waals surface area contributed by atoms with E-state index in [9.17, 15) is 13.2 Å². The molecular formula is C9H13F3. The van der Waals surface area contributed by atoms with Gasteiger partial charge in [-0.05, 0) is 30.6 Å². The number of alkyl halides is 3. The first-order valence-electron chi connectivity index (χ1n) is 4.45. The van der Waals surface area contributed by atoms with E-state index in [-0.39, 0.29) is 11.8 Å². The highest BCUT2D eigenvalue weighted by Crippen LogP contribution is 2.71. The summed E-state index contributed by atoms with van der Waals surface area (Å²) in [7, 11) is 0. The molecule has 0 N–H and O–H groups in total. The van der Waals surface area contributed by atoms with Crippen molar-refractivity contribution in [2.24, 2.45) is 23.2 Å². The zero-order valence-corrected chi connectivity index (χ0v) is 7.28. The molecule has 0 aromatic rings. The van der Waals surface area contributed by atoms with Crippen molar-refractivity contribution in [2.75, 3.05) is 0 Å². The minimum absolute atomic E-state index is 0.0949. The molecule has 3 aliphatic rings. The molecule has 2 bridgehead atoms. The Morgan fingerprint density at radius 1 is 1.17 bits per heavy atom. The van der Waals surface area contributed by atoms with Gasteiger partial charge in [-0.1, -0.05) is 13.8 Å². The van der Waals surface area contributed by atoms with Crippen LogP contribution in [0.5, 0.6) is 0 Å². The Balaban J connectivity index is 2.27. The first kappa shape index (κ1) is 8.39. The van der Waals surface area contributed by atoms with E-state index in [0.29, 0.717) is 5.92 Å². The molecule has 4 atom stereocenters. The summed E-state index contributed by atoms with van der Waals surface area (Å²) in [5, 5.41) is 0. The molecule has 0 saturated heterocycles. The molecule has 0 spiro atoms. The molecule has 0 nitrogen and oxygen atoms in total. The third kappa shape index (κ3) is 0.662. The lowest BCUT2D eigenvalue weighted by Gasteiger charge is -2.53. The highest BCUT2D eigenvalue weighted by molar-refractivity contribution is 5.12.